The molecule has 4 heteroatoms. The molecule has 96 valence electrons. The van der Waals surface area contributed by atoms with E-state index in [2.05, 4.69) is 39.3 Å². The average Bonchev–Trinajstić information content (AvgIpc) is 2.85. The van der Waals surface area contributed by atoms with Crippen LogP contribution in [-0.2, 0) is 13.1 Å². The van der Waals surface area contributed by atoms with Crippen LogP contribution in [0.25, 0.3) is 11.0 Å². The zero-order chi connectivity index (χ0) is 13.1. The van der Waals surface area contributed by atoms with Crippen molar-refractivity contribution in [3.8, 4) is 0 Å². The highest BCUT2D eigenvalue weighted by atomic mass is 14.9. The molecule has 3 heterocycles. The van der Waals surface area contributed by atoms with Crippen molar-refractivity contribution in [2.45, 2.75) is 20.0 Å². The fraction of sp³-hybridized carbons (Fsp3) is 0.200. The van der Waals surface area contributed by atoms with Crippen molar-refractivity contribution in [2.24, 2.45) is 0 Å². The number of fused-ring (bicyclic) bond motifs is 1. The highest BCUT2D eigenvalue weighted by molar-refractivity contribution is 5.79. The highest BCUT2D eigenvalue weighted by Gasteiger charge is 2.03. The van der Waals surface area contributed by atoms with Gasteiger partial charge in [0.25, 0.3) is 0 Å². The van der Waals surface area contributed by atoms with Crippen molar-refractivity contribution in [3.05, 3.63) is 59.7 Å². The molecule has 0 aliphatic carbocycles. The zero-order valence-electron chi connectivity index (χ0n) is 10.9. The third kappa shape index (κ3) is 2.48. The number of hydrogen-bond acceptors (Lipinski definition) is 3. The minimum atomic E-state index is 0.827. The van der Waals surface area contributed by atoms with Crippen molar-refractivity contribution in [3.63, 3.8) is 0 Å². The van der Waals surface area contributed by atoms with E-state index >= 15 is 0 Å². The third-order valence-electron chi connectivity index (χ3n) is 3.30. The van der Waals surface area contributed by atoms with E-state index in [0.717, 1.165) is 18.7 Å². The van der Waals surface area contributed by atoms with Gasteiger partial charge in [0.15, 0.2) is 0 Å². The summed E-state index contributed by atoms with van der Waals surface area (Å²) in [6, 6.07) is 6.11. The molecule has 0 bridgehead atoms. The van der Waals surface area contributed by atoms with Crippen LogP contribution in [0.5, 0.6) is 0 Å². The number of aryl methyl sites for hydroxylation is 1. The zero-order valence-corrected chi connectivity index (χ0v) is 10.9. The van der Waals surface area contributed by atoms with Gasteiger partial charge in [-0.25, -0.2) is 4.98 Å². The summed E-state index contributed by atoms with van der Waals surface area (Å²) >= 11 is 0. The van der Waals surface area contributed by atoms with E-state index in [1.54, 1.807) is 6.20 Å². The lowest BCUT2D eigenvalue weighted by atomic mass is 10.1. The lowest BCUT2D eigenvalue weighted by molar-refractivity contribution is 0.692. The molecule has 0 atom stereocenters. The van der Waals surface area contributed by atoms with Crippen LogP contribution in [0.1, 0.15) is 16.7 Å². The van der Waals surface area contributed by atoms with Crippen LogP contribution in [0.15, 0.2) is 43.0 Å². The number of hydrogen-bond donors (Lipinski definition) is 2. The quantitative estimate of drug-likeness (QED) is 0.750. The smallest absolute Gasteiger partial charge is 0.137 e. The Kier molecular flexibility index (Phi) is 3.25. The number of nitrogens with one attached hydrogen (secondary N) is 2. The van der Waals surface area contributed by atoms with Gasteiger partial charge >= 0.3 is 0 Å². The maximum absolute atomic E-state index is 4.29. The van der Waals surface area contributed by atoms with E-state index in [-0.39, 0.29) is 0 Å². The predicted molar refractivity (Wildman–Crippen MR) is 75.6 cm³/mol. The van der Waals surface area contributed by atoms with Crippen molar-refractivity contribution < 1.29 is 0 Å². The molecule has 0 saturated carbocycles. The fourth-order valence-corrected chi connectivity index (χ4v) is 2.19. The Labute approximate surface area is 111 Å². The Balaban J connectivity index is 1.68. The van der Waals surface area contributed by atoms with E-state index in [4.69, 9.17) is 0 Å². The van der Waals surface area contributed by atoms with Gasteiger partial charge in [-0.15, -0.1) is 0 Å². The molecule has 2 N–H and O–H groups in total. The van der Waals surface area contributed by atoms with E-state index in [9.17, 15) is 0 Å². The molecule has 0 aromatic carbocycles. The minimum Gasteiger partial charge on any atom is -0.346 e. The van der Waals surface area contributed by atoms with Gasteiger partial charge in [-0.3, -0.25) is 4.98 Å². The summed E-state index contributed by atoms with van der Waals surface area (Å²) < 4.78 is 0. The maximum atomic E-state index is 4.29. The number of pyridine rings is 2. The lowest BCUT2D eigenvalue weighted by Crippen LogP contribution is -2.13. The van der Waals surface area contributed by atoms with Crippen molar-refractivity contribution in [1.82, 2.24) is 20.3 Å². The van der Waals surface area contributed by atoms with Crippen LogP contribution in [0, 0.1) is 6.92 Å². The summed E-state index contributed by atoms with van der Waals surface area (Å²) in [6.07, 6.45) is 7.55. The Morgan fingerprint density at radius 1 is 1.16 bits per heavy atom. The first-order valence-corrected chi connectivity index (χ1v) is 6.36. The monoisotopic (exact) mass is 252 g/mol. The second-order valence-corrected chi connectivity index (χ2v) is 4.62. The molecule has 0 fully saturated rings. The summed E-state index contributed by atoms with van der Waals surface area (Å²) in [4.78, 5) is 11.6. The van der Waals surface area contributed by atoms with Gasteiger partial charge in [-0.2, -0.15) is 0 Å². The van der Waals surface area contributed by atoms with E-state index < -0.39 is 0 Å². The van der Waals surface area contributed by atoms with Gasteiger partial charge in [0.05, 0.1) is 0 Å². The first kappa shape index (κ1) is 11.9. The van der Waals surface area contributed by atoms with Gasteiger partial charge in [-0.1, -0.05) is 0 Å². The molecular formula is C15H16N4. The normalized spacial score (nSPS) is 11.0. The molecule has 0 aliphatic rings. The van der Waals surface area contributed by atoms with Crippen LogP contribution >= 0.6 is 0 Å². The van der Waals surface area contributed by atoms with E-state index in [1.165, 1.54) is 22.1 Å². The Morgan fingerprint density at radius 2 is 2.05 bits per heavy atom. The van der Waals surface area contributed by atoms with Crippen LogP contribution in [0.3, 0.4) is 0 Å². The molecule has 0 spiro atoms. The van der Waals surface area contributed by atoms with E-state index in [0.29, 0.717) is 0 Å². The number of aromatic amines is 1. The number of rotatable bonds is 4. The Hall–Kier alpha value is -2.20. The second kappa shape index (κ2) is 5.20. The summed E-state index contributed by atoms with van der Waals surface area (Å²) in [5.41, 5.74) is 4.69. The SMILES string of the molecule is Cc1cnccc1CNCc1c[nH]c2ncccc12. The molecule has 3 rings (SSSR count). The van der Waals surface area contributed by atoms with Gasteiger partial charge in [-0.05, 0) is 41.8 Å². The summed E-state index contributed by atoms with van der Waals surface area (Å²) in [7, 11) is 0. The molecular weight excluding hydrogens is 236 g/mol. The summed E-state index contributed by atoms with van der Waals surface area (Å²) in [6.45, 7) is 3.76. The molecule has 19 heavy (non-hydrogen) atoms. The topological polar surface area (TPSA) is 53.6 Å². The molecule has 0 radical (unpaired) electrons. The molecule has 3 aromatic heterocycles. The molecule has 0 aliphatic heterocycles. The van der Waals surface area contributed by atoms with Crippen LogP contribution in [-0.4, -0.2) is 15.0 Å². The number of H-pyrrole nitrogens is 1. The average molecular weight is 252 g/mol. The third-order valence-corrected chi connectivity index (χ3v) is 3.30. The van der Waals surface area contributed by atoms with Crippen molar-refractivity contribution in [1.29, 1.82) is 0 Å². The highest BCUT2D eigenvalue weighted by Crippen LogP contribution is 2.15. The largest absolute Gasteiger partial charge is 0.346 e. The maximum Gasteiger partial charge on any atom is 0.137 e. The second-order valence-electron chi connectivity index (χ2n) is 4.62. The van der Waals surface area contributed by atoms with Gasteiger partial charge in [0.2, 0.25) is 0 Å². The van der Waals surface area contributed by atoms with Gasteiger partial charge in [0, 0.05) is 43.3 Å². The summed E-state index contributed by atoms with van der Waals surface area (Å²) in [5.74, 6) is 0. The van der Waals surface area contributed by atoms with Crippen LogP contribution in [0.4, 0.5) is 0 Å². The van der Waals surface area contributed by atoms with Crippen molar-refractivity contribution in [2.75, 3.05) is 0 Å². The fourth-order valence-electron chi connectivity index (χ4n) is 2.19. The lowest BCUT2D eigenvalue weighted by Gasteiger charge is -2.06. The molecule has 3 aromatic rings. The first-order chi connectivity index (χ1) is 9.34. The Morgan fingerprint density at radius 3 is 2.95 bits per heavy atom. The number of nitrogens with zero attached hydrogens (tertiary/aromatic N) is 2. The van der Waals surface area contributed by atoms with Crippen LogP contribution in [0.2, 0.25) is 0 Å². The number of aromatic nitrogens is 3. The molecule has 4 nitrogen and oxygen atoms in total. The predicted octanol–water partition coefficient (Wildman–Crippen LogP) is 2.56. The minimum absolute atomic E-state index is 0.827. The molecule has 0 saturated heterocycles. The van der Waals surface area contributed by atoms with Gasteiger partial charge < -0.3 is 10.3 Å². The standard InChI is InChI=1S/C15H16N4/c1-11-7-16-6-4-12(11)8-17-9-13-10-19-15-14(13)3-2-5-18-15/h2-7,10,17H,8-9H2,1H3,(H,18,19). The molecule has 0 amide bonds. The van der Waals surface area contributed by atoms with Gasteiger partial charge in [0.1, 0.15) is 5.65 Å². The van der Waals surface area contributed by atoms with Crippen molar-refractivity contribution >= 4 is 11.0 Å². The van der Waals surface area contributed by atoms with E-state index in [1.807, 2.05) is 24.7 Å². The Bertz CT molecular complexity index is 687. The molecule has 0 unspecified atom stereocenters. The first-order valence-electron chi connectivity index (χ1n) is 6.36. The summed E-state index contributed by atoms with van der Waals surface area (Å²) in [5, 5.41) is 4.64. The van der Waals surface area contributed by atoms with Crippen LogP contribution < -0.4 is 5.32 Å².